The predicted octanol–water partition coefficient (Wildman–Crippen LogP) is 1.56. The van der Waals surface area contributed by atoms with Crippen molar-refractivity contribution in [3.63, 3.8) is 0 Å². The van der Waals surface area contributed by atoms with Crippen LogP contribution in [-0.2, 0) is 21.4 Å². The molecule has 0 atom stereocenters. The van der Waals surface area contributed by atoms with Crippen molar-refractivity contribution in [3.8, 4) is 0 Å². The molecule has 1 aromatic carbocycles. The van der Waals surface area contributed by atoms with Crippen LogP contribution in [0.25, 0.3) is 0 Å². The van der Waals surface area contributed by atoms with Crippen molar-refractivity contribution in [3.05, 3.63) is 58.2 Å². The highest BCUT2D eigenvalue weighted by atomic mass is 79.9. The monoisotopic (exact) mass is 395 g/mol. The van der Waals surface area contributed by atoms with Gasteiger partial charge >= 0.3 is 0 Å². The summed E-state index contributed by atoms with van der Waals surface area (Å²) in [6.07, 6.45) is 5.01. The molecule has 2 aliphatic rings. The zero-order valence-electron chi connectivity index (χ0n) is 12.1. The maximum atomic E-state index is 12.4. The summed E-state index contributed by atoms with van der Waals surface area (Å²) in [7, 11) is -3.51. The first-order valence-electron chi connectivity index (χ1n) is 6.95. The summed E-state index contributed by atoms with van der Waals surface area (Å²) in [6.45, 7) is 0.646. The first-order valence-corrected chi connectivity index (χ1v) is 9.36. The van der Waals surface area contributed by atoms with Gasteiger partial charge in [-0.1, -0.05) is 28.1 Å². The molecule has 6 nitrogen and oxygen atoms in total. The van der Waals surface area contributed by atoms with Crippen LogP contribution in [0.3, 0.4) is 0 Å². The number of hydrogen-bond donors (Lipinski definition) is 1. The molecule has 0 saturated heterocycles. The fraction of sp³-hybridized carbons (Fsp3) is 0.200. The quantitative estimate of drug-likeness (QED) is 0.841. The molecule has 2 heterocycles. The highest BCUT2D eigenvalue weighted by Crippen LogP contribution is 2.18. The molecule has 0 spiro atoms. The lowest BCUT2D eigenvalue weighted by atomic mass is 10.1. The number of benzene rings is 1. The van der Waals surface area contributed by atoms with Crippen molar-refractivity contribution in [1.29, 1.82) is 0 Å². The van der Waals surface area contributed by atoms with E-state index in [-0.39, 0.29) is 23.1 Å². The Balaban J connectivity index is 1.77. The molecule has 1 aromatic rings. The number of amidine groups is 1. The number of hydrogen-bond acceptors (Lipinski definition) is 4. The van der Waals surface area contributed by atoms with Crippen LogP contribution in [0, 0.1) is 0 Å². The van der Waals surface area contributed by atoms with Crippen molar-refractivity contribution in [2.45, 2.75) is 6.54 Å². The number of carbonyl (C=O) groups excluding carboxylic acids is 1. The second-order valence-electron chi connectivity index (χ2n) is 5.13. The fourth-order valence-electron chi connectivity index (χ4n) is 2.32. The van der Waals surface area contributed by atoms with Crippen LogP contribution in [0.4, 0.5) is 0 Å². The number of rotatable bonds is 3. The fourth-order valence-corrected chi connectivity index (χ4v) is 3.75. The van der Waals surface area contributed by atoms with Gasteiger partial charge in [0.2, 0.25) is 0 Å². The van der Waals surface area contributed by atoms with E-state index >= 15 is 0 Å². The summed E-state index contributed by atoms with van der Waals surface area (Å²) < 4.78 is 28.0. The second-order valence-corrected chi connectivity index (χ2v) is 7.80. The van der Waals surface area contributed by atoms with Gasteiger partial charge in [-0.2, -0.15) is 0 Å². The van der Waals surface area contributed by atoms with Crippen LogP contribution >= 0.6 is 15.9 Å². The number of halogens is 1. The third-order valence-electron chi connectivity index (χ3n) is 3.44. The van der Waals surface area contributed by atoms with E-state index in [2.05, 4.69) is 25.6 Å². The highest BCUT2D eigenvalue weighted by Gasteiger charge is 2.29. The molecule has 0 unspecified atom stereocenters. The summed E-state index contributed by atoms with van der Waals surface area (Å²) >= 11 is 3.38. The molecule has 1 amide bonds. The SMILES string of the molecule is O=C(NCc1cccc(Br)c1)C1=CC=CN2CCS(=O)(=O)N=C12. The lowest BCUT2D eigenvalue weighted by molar-refractivity contribution is -0.117. The zero-order valence-corrected chi connectivity index (χ0v) is 14.5. The van der Waals surface area contributed by atoms with E-state index in [4.69, 9.17) is 0 Å². The van der Waals surface area contributed by atoms with Gasteiger partial charge in [-0.15, -0.1) is 4.40 Å². The van der Waals surface area contributed by atoms with Gasteiger partial charge < -0.3 is 10.2 Å². The molecule has 120 valence electrons. The van der Waals surface area contributed by atoms with Gasteiger partial charge in [-0.3, -0.25) is 4.79 Å². The number of amides is 1. The summed E-state index contributed by atoms with van der Waals surface area (Å²) in [4.78, 5) is 14.1. The molecule has 1 N–H and O–H groups in total. The van der Waals surface area contributed by atoms with Crippen LogP contribution in [0.15, 0.2) is 57.1 Å². The minimum atomic E-state index is -3.51. The average molecular weight is 396 g/mol. The molecule has 0 bridgehead atoms. The summed E-state index contributed by atoms with van der Waals surface area (Å²) in [5.74, 6) is -0.214. The molecule has 8 heteroatoms. The number of nitrogens with one attached hydrogen (secondary N) is 1. The normalized spacial score (nSPS) is 18.7. The molecular weight excluding hydrogens is 382 g/mol. The number of carbonyl (C=O) groups is 1. The van der Waals surface area contributed by atoms with E-state index in [1.54, 1.807) is 23.3 Å². The van der Waals surface area contributed by atoms with Crippen LogP contribution in [0.5, 0.6) is 0 Å². The first-order chi connectivity index (χ1) is 10.9. The van der Waals surface area contributed by atoms with Crippen LogP contribution in [0.2, 0.25) is 0 Å². The van der Waals surface area contributed by atoms with E-state index in [0.29, 0.717) is 13.1 Å². The number of nitrogens with zero attached hydrogens (tertiary/aromatic N) is 2. The van der Waals surface area contributed by atoms with Crippen LogP contribution in [-0.4, -0.2) is 37.4 Å². The Morgan fingerprint density at radius 3 is 3.00 bits per heavy atom. The van der Waals surface area contributed by atoms with Gasteiger partial charge in [0.15, 0.2) is 5.84 Å². The summed E-state index contributed by atoms with van der Waals surface area (Å²) in [5, 5.41) is 2.79. The molecule has 3 rings (SSSR count). The average Bonchev–Trinajstić information content (AvgIpc) is 2.51. The minimum absolute atomic E-state index is 0.0478. The van der Waals surface area contributed by atoms with Gasteiger partial charge in [0.25, 0.3) is 15.9 Å². The molecule has 0 radical (unpaired) electrons. The first kappa shape index (κ1) is 15.9. The Hall–Kier alpha value is -1.93. The van der Waals surface area contributed by atoms with Crippen molar-refractivity contribution in [1.82, 2.24) is 10.2 Å². The standard InChI is InChI=1S/C15H14BrN3O3S/c16-12-4-1-3-11(9-12)10-17-15(20)13-5-2-6-19-7-8-23(21,22)18-14(13)19/h1-6,9H,7-8,10H2,(H,17,20). The van der Waals surface area contributed by atoms with Gasteiger partial charge in [-0.25, -0.2) is 8.42 Å². The molecule has 23 heavy (non-hydrogen) atoms. The predicted molar refractivity (Wildman–Crippen MR) is 91.1 cm³/mol. The third kappa shape index (κ3) is 3.70. The molecule has 0 saturated carbocycles. The third-order valence-corrected chi connectivity index (χ3v) is 5.09. The van der Waals surface area contributed by atoms with E-state index in [9.17, 15) is 13.2 Å². The van der Waals surface area contributed by atoms with Gasteiger partial charge in [0.1, 0.15) is 0 Å². The van der Waals surface area contributed by atoms with E-state index in [1.807, 2.05) is 24.3 Å². The summed E-state index contributed by atoms with van der Waals surface area (Å²) in [5.41, 5.74) is 1.19. The zero-order chi connectivity index (χ0) is 16.4. The summed E-state index contributed by atoms with van der Waals surface area (Å²) in [6, 6.07) is 7.59. The topological polar surface area (TPSA) is 78.8 Å². The van der Waals surface area contributed by atoms with Crippen molar-refractivity contribution in [2.24, 2.45) is 4.40 Å². The smallest absolute Gasteiger partial charge is 0.256 e. The Labute approximate surface area is 142 Å². The molecule has 0 fully saturated rings. The van der Waals surface area contributed by atoms with E-state index in [0.717, 1.165) is 10.0 Å². The number of fused-ring (bicyclic) bond motifs is 1. The molecule has 0 aliphatic carbocycles. The van der Waals surface area contributed by atoms with Crippen molar-refractivity contribution >= 4 is 37.7 Å². The van der Waals surface area contributed by atoms with Crippen molar-refractivity contribution in [2.75, 3.05) is 12.3 Å². The van der Waals surface area contributed by atoms with Crippen molar-refractivity contribution < 1.29 is 13.2 Å². The van der Waals surface area contributed by atoms with Gasteiger partial charge in [-0.05, 0) is 29.8 Å². The van der Waals surface area contributed by atoms with E-state index < -0.39 is 10.0 Å². The van der Waals surface area contributed by atoms with Gasteiger partial charge in [0.05, 0.1) is 11.3 Å². The maximum absolute atomic E-state index is 12.4. The van der Waals surface area contributed by atoms with E-state index in [1.165, 1.54) is 0 Å². The Morgan fingerprint density at radius 1 is 1.39 bits per heavy atom. The lowest BCUT2D eigenvalue weighted by Gasteiger charge is -2.28. The molecule has 0 aromatic heterocycles. The second kappa shape index (κ2) is 6.29. The lowest BCUT2D eigenvalue weighted by Crippen LogP contribution is -2.42. The number of allylic oxidation sites excluding steroid dienone is 2. The Morgan fingerprint density at radius 2 is 2.22 bits per heavy atom. The highest BCUT2D eigenvalue weighted by molar-refractivity contribution is 9.10. The molecular formula is C15H14BrN3O3S. The Bertz CT molecular complexity index is 843. The maximum Gasteiger partial charge on any atom is 0.256 e. The Kier molecular flexibility index (Phi) is 4.36. The molecule has 2 aliphatic heterocycles. The number of sulfonamides is 1. The van der Waals surface area contributed by atoms with Crippen LogP contribution < -0.4 is 5.32 Å². The van der Waals surface area contributed by atoms with Gasteiger partial charge in [0, 0.05) is 23.8 Å². The van der Waals surface area contributed by atoms with Crippen LogP contribution in [0.1, 0.15) is 5.56 Å². The minimum Gasteiger partial charge on any atom is -0.348 e. The largest absolute Gasteiger partial charge is 0.348 e.